The number of hydrogen-bond acceptors (Lipinski definition) is 8. The number of rotatable bonds is 7. The molecule has 0 aliphatic rings. The molecular weight excluding hydrogens is 495 g/mol. The molecule has 2 N–H and O–H groups in total. The summed E-state index contributed by atoms with van der Waals surface area (Å²) >= 11 is 0. The third kappa shape index (κ3) is 5.50. The number of carbonyl (C=O) groups is 1. The first-order valence-corrected chi connectivity index (χ1v) is 11.9. The first-order valence-electron chi connectivity index (χ1n) is 10.6. The maximum Gasteiger partial charge on any atom is 0.433 e. The molecule has 3 aromatic heterocycles. The van der Waals surface area contributed by atoms with Crippen molar-refractivity contribution in [1.29, 1.82) is 0 Å². The zero-order valence-electron chi connectivity index (χ0n) is 19.2. The number of methoxy groups -OCH3 is 1. The fourth-order valence-corrected chi connectivity index (χ4v) is 5.53. The standard InChI is InChI=1S/C24H21F3N5O3S/c1-14-9-16(31-23-29-6-5-20(32-23)24(25,26)27)11-17(10-14)36-8-7-28-21(36)18(13-33)15-3-4-19(30-12-15)22(34)35-2/h3-12,18,33H,13H2,1-2H3,(H,29,31,32)/q+1. The fraction of sp³-hybridized carbons (Fsp3) is 0.208. The molecule has 0 radical (unpaired) electrons. The lowest BCUT2D eigenvalue weighted by Gasteiger charge is -2.11. The SMILES string of the molecule is COC(=O)c1ccc(C(CO)c2ncc[s+]2-c2cc(C)cc(Nc3nccc(C(F)(F)F)n3)c2)cn1. The number of benzene rings is 1. The molecule has 4 rings (SSSR count). The Hall–Kier alpha value is -3.90. The van der Waals surface area contributed by atoms with E-state index in [4.69, 9.17) is 0 Å². The second-order valence-electron chi connectivity index (χ2n) is 7.72. The molecule has 186 valence electrons. The largest absolute Gasteiger partial charge is 0.464 e. The van der Waals surface area contributed by atoms with Crippen LogP contribution < -0.4 is 5.32 Å². The zero-order valence-corrected chi connectivity index (χ0v) is 20.0. The molecule has 2 unspecified atom stereocenters. The number of aromatic nitrogens is 4. The number of nitrogens with one attached hydrogen (secondary N) is 1. The number of anilines is 2. The van der Waals surface area contributed by atoms with Crippen molar-refractivity contribution < 1.29 is 27.8 Å². The summed E-state index contributed by atoms with van der Waals surface area (Å²) in [7, 11) is 0.625. The number of aliphatic hydroxyl groups excluding tert-OH is 1. The van der Waals surface area contributed by atoms with E-state index in [9.17, 15) is 23.1 Å². The monoisotopic (exact) mass is 516 g/mol. The molecule has 0 amide bonds. The van der Waals surface area contributed by atoms with Crippen LogP contribution in [0.3, 0.4) is 0 Å². The van der Waals surface area contributed by atoms with Crippen LogP contribution in [-0.2, 0) is 10.9 Å². The number of aliphatic hydroxyl groups is 1. The first kappa shape index (κ1) is 25.2. The highest BCUT2D eigenvalue weighted by Crippen LogP contribution is 2.41. The Balaban J connectivity index is 1.66. The number of nitrogens with zero attached hydrogens (tertiary/aromatic N) is 4. The second kappa shape index (κ2) is 10.4. The van der Waals surface area contributed by atoms with E-state index in [1.807, 2.05) is 18.4 Å². The Morgan fingerprint density at radius 3 is 2.61 bits per heavy atom. The van der Waals surface area contributed by atoms with Gasteiger partial charge in [-0.3, -0.25) is 0 Å². The number of alkyl halides is 3. The third-order valence-electron chi connectivity index (χ3n) is 5.19. The topological polar surface area (TPSA) is 110 Å². The molecule has 1 aromatic carbocycles. The summed E-state index contributed by atoms with van der Waals surface area (Å²) in [6, 6.07) is 9.52. The van der Waals surface area contributed by atoms with Gasteiger partial charge in [-0.1, -0.05) is 6.07 Å². The molecule has 0 saturated heterocycles. The number of thiazole rings is 1. The molecule has 0 saturated carbocycles. The normalized spacial score (nSPS) is 12.8. The van der Waals surface area contributed by atoms with Gasteiger partial charge in [0.25, 0.3) is 5.01 Å². The minimum Gasteiger partial charge on any atom is -0.464 e. The van der Waals surface area contributed by atoms with Gasteiger partial charge >= 0.3 is 12.1 Å². The van der Waals surface area contributed by atoms with Crippen molar-refractivity contribution in [2.45, 2.75) is 19.0 Å². The van der Waals surface area contributed by atoms with Crippen LogP contribution in [0.5, 0.6) is 0 Å². The Bertz CT molecular complexity index is 1380. The number of halogens is 3. The van der Waals surface area contributed by atoms with Gasteiger partial charge in [-0.05, 0) is 36.2 Å². The number of pyridine rings is 1. The van der Waals surface area contributed by atoms with Crippen molar-refractivity contribution in [2.24, 2.45) is 0 Å². The Labute approximate surface area is 206 Å². The van der Waals surface area contributed by atoms with Crippen molar-refractivity contribution in [3.63, 3.8) is 0 Å². The number of carbonyl (C=O) groups excluding carboxylic acids is 1. The van der Waals surface area contributed by atoms with Crippen molar-refractivity contribution in [2.75, 3.05) is 19.0 Å². The van der Waals surface area contributed by atoms with Crippen LogP contribution in [0.2, 0.25) is 0 Å². The van der Waals surface area contributed by atoms with Crippen LogP contribution in [0.1, 0.15) is 38.2 Å². The molecule has 0 spiro atoms. The van der Waals surface area contributed by atoms with E-state index in [1.54, 1.807) is 24.4 Å². The van der Waals surface area contributed by atoms with Crippen LogP contribution in [-0.4, -0.2) is 44.7 Å². The van der Waals surface area contributed by atoms with Gasteiger partial charge in [-0.2, -0.15) is 13.2 Å². The number of aryl methyl sites for hydroxylation is 1. The number of hydrogen-bond donors (Lipinski definition) is 2. The number of esters is 1. The van der Waals surface area contributed by atoms with E-state index in [0.29, 0.717) is 16.3 Å². The van der Waals surface area contributed by atoms with E-state index in [1.165, 1.54) is 19.4 Å². The lowest BCUT2D eigenvalue weighted by molar-refractivity contribution is -0.141. The predicted molar refractivity (Wildman–Crippen MR) is 128 cm³/mol. The maximum absolute atomic E-state index is 13.0. The van der Waals surface area contributed by atoms with E-state index in [-0.39, 0.29) is 18.2 Å². The van der Waals surface area contributed by atoms with Gasteiger partial charge in [0.05, 0.1) is 19.9 Å². The molecular formula is C24H21F3N5O3S+. The molecule has 2 atom stereocenters. The van der Waals surface area contributed by atoms with E-state index < -0.39 is 34.2 Å². The van der Waals surface area contributed by atoms with Crippen LogP contribution in [0.15, 0.2) is 60.4 Å². The summed E-state index contributed by atoms with van der Waals surface area (Å²) in [6.45, 7) is 1.62. The third-order valence-corrected chi connectivity index (χ3v) is 7.17. The number of ether oxygens (including phenoxy) is 1. The molecule has 36 heavy (non-hydrogen) atoms. The van der Waals surface area contributed by atoms with Crippen molar-refractivity contribution in [1.82, 2.24) is 19.9 Å². The van der Waals surface area contributed by atoms with Crippen LogP contribution in [0.25, 0.3) is 4.90 Å². The quantitative estimate of drug-likeness (QED) is 0.261. The molecule has 4 aromatic rings. The van der Waals surface area contributed by atoms with Gasteiger partial charge in [-0.25, -0.2) is 24.7 Å². The molecule has 12 heteroatoms. The van der Waals surface area contributed by atoms with Gasteiger partial charge < -0.3 is 15.2 Å². The summed E-state index contributed by atoms with van der Waals surface area (Å²) in [5, 5.41) is 15.6. The highest BCUT2D eigenvalue weighted by molar-refractivity contribution is 7.38. The van der Waals surface area contributed by atoms with Gasteiger partial charge in [0.2, 0.25) is 5.95 Å². The van der Waals surface area contributed by atoms with Crippen molar-refractivity contribution in [3.05, 3.63) is 87.9 Å². The molecule has 0 fully saturated rings. The average molecular weight is 517 g/mol. The minimum absolute atomic E-state index is 0.148. The van der Waals surface area contributed by atoms with Crippen LogP contribution in [0, 0.1) is 6.92 Å². The summed E-state index contributed by atoms with van der Waals surface area (Å²) in [4.78, 5) is 28.6. The molecule has 3 heterocycles. The molecule has 0 aliphatic carbocycles. The highest BCUT2D eigenvalue weighted by Gasteiger charge is 2.33. The Morgan fingerprint density at radius 1 is 1.14 bits per heavy atom. The van der Waals surface area contributed by atoms with E-state index in [2.05, 4.69) is 30.0 Å². The minimum atomic E-state index is -4.58. The first-order chi connectivity index (χ1) is 17.2. The summed E-state index contributed by atoms with van der Waals surface area (Å²) in [6.07, 6.45) is -0.374. The average Bonchev–Trinajstić information content (AvgIpc) is 3.33. The van der Waals surface area contributed by atoms with E-state index in [0.717, 1.165) is 22.7 Å². The fourth-order valence-electron chi connectivity index (χ4n) is 3.55. The lowest BCUT2D eigenvalue weighted by Crippen LogP contribution is -2.10. The molecule has 0 bridgehead atoms. The summed E-state index contributed by atoms with van der Waals surface area (Å²) in [5.74, 6) is -1.22. The molecule has 8 nitrogen and oxygen atoms in total. The van der Waals surface area contributed by atoms with Crippen molar-refractivity contribution in [3.8, 4) is 4.90 Å². The second-order valence-corrected chi connectivity index (χ2v) is 9.55. The summed E-state index contributed by atoms with van der Waals surface area (Å²) < 4.78 is 43.7. The summed E-state index contributed by atoms with van der Waals surface area (Å²) in [5.41, 5.74) is 1.16. The zero-order chi connectivity index (χ0) is 25.9. The van der Waals surface area contributed by atoms with Crippen LogP contribution >= 0.6 is 10.5 Å². The highest BCUT2D eigenvalue weighted by atomic mass is 32.2. The van der Waals surface area contributed by atoms with Gasteiger partial charge in [-0.15, -0.1) is 0 Å². The predicted octanol–water partition coefficient (Wildman–Crippen LogP) is 4.99. The van der Waals surface area contributed by atoms with Gasteiger partial charge in [0, 0.05) is 40.7 Å². The van der Waals surface area contributed by atoms with Crippen molar-refractivity contribution >= 4 is 28.1 Å². The van der Waals surface area contributed by atoms with E-state index >= 15 is 0 Å². The smallest absolute Gasteiger partial charge is 0.433 e. The maximum atomic E-state index is 13.0. The van der Waals surface area contributed by atoms with Gasteiger partial charge in [0.15, 0.2) is 10.3 Å². The van der Waals surface area contributed by atoms with Gasteiger partial charge in [0.1, 0.15) is 17.3 Å². The molecule has 0 aliphatic heterocycles. The Kier molecular flexibility index (Phi) is 7.27. The Morgan fingerprint density at radius 2 is 1.94 bits per heavy atom. The van der Waals surface area contributed by atoms with Crippen LogP contribution in [0.4, 0.5) is 24.8 Å². The lowest BCUT2D eigenvalue weighted by atomic mass is 10.0.